The Morgan fingerprint density at radius 1 is 0.952 bits per heavy atom. The third kappa shape index (κ3) is 1.84. The molecule has 0 aromatic heterocycles. The SMILES string of the molecule is C[C@]12CCC(=O)C[C@@H]1CC[C@H]1[C@H]3CC[C@H](O)[C@]3(C)CC[C@@H]12. The van der Waals surface area contributed by atoms with Crippen LogP contribution in [0.5, 0.6) is 0 Å². The molecule has 0 radical (unpaired) electrons. The van der Waals surface area contributed by atoms with Gasteiger partial charge in [-0.1, -0.05) is 13.8 Å². The first-order valence-corrected chi connectivity index (χ1v) is 9.15. The summed E-state index contributed by atoms with van der Waals surface area (Å²) < 4.78 is 0. The molecule has 0 aliphatic heterocycles. The molecule has 7 atom stereocenters. The fourth-order valence-corrected chi connectivity index (χ4v) is 7.02. The van der Waals surface area contributed by atoms with Crippen LogP contribution < -0.4 is 0 Å². The van der Waals surface area contributed by atoms with Gasteiger partial charge in [0.15, 0.2) is 0 Å². The summed E-state index contributed by atoms with van der Waals surface area (Å²) in [4.78, 5) is 11.9. The molecule has 0 aromatic carbocycles. The lowest BCUT2D eigenvalue weighted by molar-refractivity contribution is -0.141. The van der Waals surface area contributed by atoms with Crippen LogP contribution in [0, 0.1) is 34.5 Å². The van der Waals surface area contributed by atoms with Gasteiger partial charge < -0.3 is 5.11 Å². The van der Waals surface area contributed by atoms with Crippen molar-refractivity contribution in [3.63, 3.8) is 0 Å². The van der Waals surface area contributed by atoms with E-state index in [1.165, 1.54) is 32.1 Å². The van der Waals surface area contributed by atoms with Crippen LogP contribution in [0.25, 0.3) is 0 Å². The third-order valence-corrected chi connectivity index (χ3v) is 8.43. The van der Waals surface area contributed by atoms with E-state index in [0.29, 0.717) is 17.1 Å². The number of aliphatic hydroxyl groups is 1. The van der Waals surface area contributed by atoms with E-state index in [9.17, 15) is 9.90 Å². The van der Waals surface area contributed by atoms with E-state index in [-0.39, 0.29) is 11.5 Å². The summed E-state index contributed by atoms with van der Waals surface area (Å²) in [5.74, 6) is 3.52. The van der Waals surface area contributed by atoms with Crippen molar-refractivity contribution in [3.8, 4) is 0 Å². The van der Waals surface area contributed by atoms with Gasteiger partial charge in [-0.05, 0) is 79.4 Å². The number of hydrogen-bond acceptors (Lipinski definition) is 2. The van der Waals surface area contributed by atoms with Gasteiger partial charge in [-0.15, -0.1) is 0 Å². The fourth-order valence-electron chi connectivity index (χ4n) is 7.02. The zero-order valence-corrected chi connectivity index (χ0v) is 13.6. The van der Waals surface area contributed by atoms with Crippen molar-refractivity contribution in [2.24, 2.45) is 34.5 Å². The molecule has 21 heavy (non-hydrogen) atoms. The summed E-state index contributed by atoms with van der Waals surface area (Å²) in [6.45, 7) is 4.85. The highest BCUT2D eigenvalue weighted by atomic mass is 16.3. The molecule has 1 N–H and O–H groups in total. The summed E-state index contributed by atoms with van der Waals surface area (Å²) in [6, 6.07) is 0. The first-order valence-electron chi connectivity index (χ1n) is 9.15. The summed E-state index contributed by atoms with van der Waals surface area (Å²) in [5, 5.41) is 10.5. The van der Waals surface area contributed by atoms with Gasteiger partial charge in [-0.25, -0.2) is 0 Å². The molecule has 4 aliphatic carbocycles. The molecule has 0 unspecified atom stereocenters. The van der Waals surface area contributed by atoms with Crippen LogP contribution in [-0.2, 0) is 4.79 Å². The fraction of sp³-hybridized carbons (Fsp3) is 0.947. The average molecular weight is 290 g/mol. The van der Waals surface area contributed by atoms with E-state index in [1.807, 2.05) is 0 Å². The molecule has 4 rings (SSSR count). The van der Waals surface area contributed by atoms with Gasteiger partial charge in [-0.2, -0.15) is 0 Å². The molecule has 118 valence electrons. The number of fused-ring (bicyclic) bond motifs is 5. The van der Waals surface area contributed by atoms with E-state index in [0.717, 1.165) is 43.4 Å². The molecule has 2 heteroatoms. The number of hydrogen-bond donors (Lipinski definition) is 1. The van der Waals surface area contributed by atoms with Crippen molar-refractivity contribution >= 4 is 5.78 Å². The van der Waals surface area contributed by atoms with E-state index < -0.39 is 0 Å². The van der Waals surface area contributed by atoms with Gasteiger partial charge in [0, 0.05) is 12.8 Å². The van der Waals surface area contributed by atoms with Gasteiger partial charge >= 0.3 is 0 Å². The van der Waals surface area contributed by atoms with Crippen LogP contribution in [0.2, 0.25) is 0 Å². The van der Waals surface area contributed by atoms with Crippen molar-refractivity contribution < 1.29 is 9.90 Å². The second-order valence-electron chi connectivity index (χ2n) is 9.04. The van der Waals surface area contributed by atoms with Gasteiger partial charge in [0.2, 0.25) is 0 Å². The summed E-state index contributed by atoms with van der Waals surface area (Å²) in [6.07, 6.45) is 10.0. The van der Waals surface area contributed by atoms with Gasteiger partial charge in [0.1, 0.15) is 5.78 Å². The van der Waals surface area contributed by atoms with E-state index in [1.54, 1.807) is 0 Å². The van der Waals surface area contributed by atoms with Crippen LogP contribution in [0.4, 0.5) is 0 Å². The van der Waals surface area contributed by atoms with Crippen molar-refractivity contribution in [1.82, 2.24) is 0 Å². The molecular formula is C19H30O2. The summed E-state index contributed by atoms with van der Waals surface area (Å²) >= 11 is 0. The summed E-state index contributed by atoms with van der Waals surface area (Å²) in [7, 11) is 0. The maximum Gasteiger partial charge on any atom is 0.133 e. The molecule has 0 aromatic rings. The average Bonchev–Trinajstić information content (AvgIpc) is 2.76. The Morgan fingerprint density at radius 2 is 1.71 bits per heavy atom. The molecule has 0 spiro atoms. The molecule has 4 fully saturated rings. The maximum absolute atomic E-state index is 11.9. The molecule has 0 bridgehead atoms. The Labute approximate surface area is 128 Å². The monoisotopic (exact) mass is 290 g/mol. The first-order chi connectivity index (χ1) is 9.95. The first kappa shape index (κ1) is 14.2. The smallest absolute Gasteiger partial charge is 0.133 e. The molecule has 0 saturated heterocycles. The number of ketones is 1. The van der Waals surface area contributed by atoms with Crippen molar-refractivity contribution in [2.45, 2.75) is 77.7 Å². The highest BCUT2D eigenvalue weighted by molar-refractivity contribution is 5.79. The highest BCUT2D eigenvalue weighted by Crippen LogP contribution is 2.65. The quantitative estimate of drug-likeness (QED) is 0.733. The van der Waals surface area contributed by atoms with E-state index >= 15 is 0 Å². The lowest BCUT2D eigenvalue weighted by atomic mass is 9.45. The Balaban J connectivity index is 1.64. The number of rotatable bonds is 0. The Morgan fingerprint density at radius 3 is 2.52 bits per heavy atom. The molecule has 4 saturated carbocycles. The zero-order valence-electron chi connectivity index (χ0n) is 13.6. The Kier molecular flexibility index (Phi) is 3.10. The Bertz CT molecular complexity index is 458. The minimum absolute atomic E-state index is 0.0677. The van der Waals surface area contributed by atoms with Crippen LogP contribution >= 0.6 is 0 Å². The molecule has 4 aliphatic rings. The zero-order chi connectivity index (χ0) is 14.8. The topological polar surface area (TPSA) is 37.3 Å². The van der Waals surface area contributed by atoms with Crippen LogP contribution in [0.1, 0.15) is 71.6 Å². The molecular weight excluding hydrogens is 260 g/mol. The molecule has 0 amide bonds. The molecule has 0 heterocycles. The van der Waals surface area contributed by atoms with Crippen molar-refractivity contribution in [1.29, 1.82) is 0 Å². The lowest BCUT2D eigenvalue weighted by Gasteiger charge is -2.60. The summed E-state index contributed by atoms with van der Waals surface area (Å²) in [5.41, 5.74) is 0.598. The number of carbonyl (C=O) groups excluding carboxylic acids is 1. The second kappa shape index (κ2) is 4.57. The maximum atomic E-state index is 11.9. The second-order valence-corrected chi connectivity index (χ2v) is 9.04. The predicted molar refractivity (Wildman–Crippen MR) is 82.7 cm³/mol. The molecule has 2 nitrogen and oxygen atoms in total. The normalized spacial score (nSPS) is 56.5. The van der Waals surface area contributed by atoms with Crippen molar-refractivity contribution in [3.05, 3.63) is 0 Å². The third-order valence-electron chi connectivity index (χ3n) is 8.43. The van der Waals surface area contributed by atoms with Gasteiger partial charge in [0.25, 0.3) is 0 Å². The van der Waals surface area contributed by atoms with E-state index in [2.05, 4.69) is 13.8 Å². The van der Waals surface area contributed by atoms with Crippen molar-refractivity contribution in [2.75, 3.05) is 0 Å². The minimum Gasteiger partial charge on any atom is -0.393 e. The van der Waals surface area contributed by atoms with Crippen LogP contribution in [0.3, 0.4) is 0 Å². The number of aliphatic hydroxyl groups excluding tert-OH is 1. The number of carbonyl (C=O) groups is 1. The largest absolute Gasteiger partial charge is 0.393 e. The Hall–Kier alpha value is -0.370. The predicted octanol–water partition coefficient (Wildman–Crippen LogP) is 3.96. The van der Waals surface area contributed by atoms with Gasteiger partial charge in [-0.3, -0.25) is 4.79 Å². The highest BCUT2D eigenvalue weighted by Gasteiger charge is 2.59. The van der Waals surface area contributed by atoms with Crippen LogP contribution in [0.15, 0.2) is 0 Å². The standard InChI is InChI=1S/C19H30O2/c1-18-9-7-13(20)11-12(18)3-4-14-15-5-6-17(21)19(15,2)10-8-16(14)18/h12,14-17,21H,3-11H2,1-2H3/t12-,14-,15+,16-,17-,18-,19+/m0/s1. The van der Waals surface area contributed by atoms with Gasteiger partial charge in [0.05, 0.1) is 6.10 Å². The minimum atomic E-state index is -0.0677. The van der Waals surface area contributed by atoms with E-state index in [4.69, 9.17) is 0 Å². The van der Waals surface area contributed by atoms with Crippen LogP contribution in [-0.4, -0.2) is 17.0 Å². The number of Topliss-reactive ketones (excluding diaryl/α,β-unsaturated/α-hetero) is 1. The lowest BCUT2D eigenvalue weighted by Crippen LogP contribution is -2.54.